The van der Waals surface area contributed by atoms with Crippen LogP contribution >= 0.6 is 0 Å². The Morgan fingerprint density at radius 2 is 2.08 bits per heavy atom. The van der Waals surface area contributed by atoms with E-state index in [0.29, 0.717) is 24.5 Å². The highest BCUT2D eigenvalue weighted by Gasteiger charge is 2.29. The second kappa shape index (κ2) is 7.01. The molecule has 2 aromatic carbocycles. The largest absolute Gasteiger partial charge is 0.467 e. The van der Waals surface area contributed by atoms with E-state index in [2.05, 4.69) is 4.90 Å². The second-order valence-electron chi connectivity index (χ2n) is 6.64. The van der Waals surface area contributed by atoms with Crippen LogP contribution in [0.15, 0.2) is 36.4 Å². The first-order valence-corrected chi connectivity index (χ1v) is 8.62. The van der Waals surface area contributed by atoms with E-state index in [1.165, 1.54) is 18.2 Å². The molecule has 0 bridgehead atoms. The Bertz CT molecular complexity index is 825. The highest BCUT2D eigenvalue weighted by molar-refractivity contribution is 5.50. The van der Waals surface area contributed by atoms with Crippen molar-refractivity contribution in [2.75, 3.05) is 13.3 Å². The van der Waals surface area contributed by atoms with Gasteiger partial charge in [0.2, 0.25) is 0 Å². The summed E-state index contributed by atoms with van der Waals surface area (Å²) in [6.07, 6.45) is 2.01. The van der Waals surface area contributed by atoms with Gasteiger partial charge in [0, 0.05) is 35.8 Å². The molecule has 2 aliphatic heterocycles. The first kappa shape index (κ1) is 16.9. The van der Waals surface area contributed by atoms with Crippen LogP contribution < -0.4 is 4.74 Å². The molecule has 4 rings (SSSR count). The average Bonchev–Trinajstić information content (AvgIpc) is 3.10. The molecule has 0 aromatic heterocycles. The molecule has 2 aliphatic rings. The topological polar surface area (TPSA) is 64.8 Å². The maximum Gasteiger partial charge on any atom is 0.270 e. The van der Waals surface area contributed by atoms with Gasteiger partial charge in [0.25, 0.3) is 5.69 Å². The van der Waals surface area contributed by atoms with Crippen LogP contribution in [0.4, 0.5) is 10.1 Å². The summed E-state index contributed by atoms with van der Waals surface area (Å²) in [6.45, 7) is 1.90. The smallest absolute Gasteiger partial charge is 0.270 e. The van der Waals surface area contributed by atoms with Crippen LogP contribution in [0.25, 0.3) is 0 Å². The lowest BCUT2D eigenvalue weighted by Gasteiger charge is -2.27. The van der Waals surface area contributed by atoms with E-state index in [1.54, 1.807) is 6.07 Å². The maximum atomic E-state index is 13.2. The Labute approximate surface area is 150 Å². The number of nitro groups is 1. The molecule has 0 amide bonds. The molecule has 0 radical (unpaired) electrons. The van der Waals surface area contributed by atoms with Gasteiger partial charge in [0.05, 0.1) is 11.5 Å². The number of nitro benzene ring substituents is 1. The van der Waals surface area contributed by atoms with E-state index in [4.69, 9.17) is 9.47 Å². The number of hydrogen-bond donors (Lipinski definition) is 0. The van der Waals surface area contributed by atoms with E-state index >= 15 is 0 Å². The van der Waals surface area contributed by atoms with Crippen molar-refractivity contribution in [1.82, 2.24) is 4.90 Å². The summed E-state index contributed by atoms with van der Waals surface area (Å²) in [4.78, 5) is 13.1. The predicted octanol–water partition coefficient (Wildman–Crippen LogP) is 3.94. The van der Waals surface area contributed by atoms with Gasteiger partial charge >= 0.3 is 0 Å². The summed E-state index contributed by atoms with van der Waals surface area (Å²) in [5.41, 5.74) is 2.61. The van der Waals surface area contributed by atoms with Crippen molar-refractivity contribution in [3.63, 3.8) is 0 Å². The zero-order valence-corrected chi connectivity index (χ0v) is 14.2. The van der Waals surface area contributed by atoms with Crippen molar-refractivity contribution < 1.29 is 18.8 Å². The fraction of sp³-hybridized carbons (Fsp3) is 0.368. The number of likely N-dealkylation sites (tertiary alicyclic amines) is 1. The third kappa shape index (κ3) is 3.27. The number of hydrogen-bond acceptors (Lipinski definition) is 5. The Hall–Kier alpha value is -2.51. The number of rotatable bonds is 4. The molecule has 2 heterocycles. The van der Waals surface area contributed by atoms with Gasteiger partial charge in [0.15, 0.2) is 6.79 Å². The third-order valence-electron chi connectivity index (χ3n) is 4.97. The van der Waals surface area contributed by atoms with Crippen molar-refractivity contribution in [1.29, 1.82) is 0 Å². The van der Waals surface area contributed by atoms with Crippen molar-refractivity contribution in [2.24, 2.45) is 0 Å². The lowest BCUT2D eigenvalue weighted by atomic mass is 10.0. The van der Waals surface area contributed by atoms with Crippen molar-refractivity contribution in [3.05, 3.63) is 69.0 Å². The minimum atomic E-state index is -0.389. The van der Waals surface area contributed by atoms with Crippen LogP contribution in [0.3, 0.4) is 0 Å². The zero-order valence-electron chi connectivity index (χ0n) is 14.2. The number of fused-ring (bicyclic) bond motifs is 1. The van der Waals surface area contributed by atoms with E-state index < -0.39 is 0 Å². The lowest BCUT2D eigenvalue weighted by Crippen LogP contribution is -2.24. The molecule has 0 spiro atoms. The van der Waals surface area contributed by atoms with Crippen LogP contribution in [-0.4, -0.2) is 23.2 Å². The van der Waals surface area contributed by atoms with E-state index in [1.807, 2.05) is 12.1 Å². The number of nitrogens with zero attached hydrogens (tertiary/aromatic N) is 2. The number of halogens is 1. The monoisotopic (exact) mass is 358 g/mol. The van der Waals surface area contributed by atoms with E-state index in [-0.39, 0.29) is 29.3 Å². The summed E-state index contributed by atoms with van der Waals surface area (Å²) >= 11 is 0. The summed E-state index contributed by atoms with van der Waals surface area (Å²) < 4.78 is 24.1. The van der Waals surface area contributed by atoms with Gasteiger partial charge in [0.1, 0.15) is 11.6 Å². The standard InChI is InChI=1S/C19H19FN2O4/c20-16-5-3-13(4-6-16)18-2-1-7-21(18)10-14-8-17(22(23)24)9-15-11-25-12-26-19(14)15/h3-6,8-9,18H,1-2,7,10-12H2. The highest BCUT2D eigenvalue weighted by atomic mass is 19.1. The summed E-state index contributed by atoms with van der Waals surface area (Å²) in [5.74, 6) is 0.436. The lowest BCUT2D eigenvalue weighted by molar-refractivity contribution is -0.385. The molecule has 0 saturated carbocycles. The SMILES string of the molecule is O=[N+]([O-])c1cc2c(c(CN3CCCC3c3ccc(F)cc3)c1)OCOC2. The van der Waals surface area contributed by atoms with Crippen molar-refractivity contribution in [3.8, 4) is 5.75 Å². The van der Waals surface area contributed by atoms with Gasteiger partial charge in [-0.3, -0.25) is 15.0 Å². The molecule has 1 unspecified atom stereocenters. The van der Waals surface area contributed by atoms with Crippen LogP contribution in [0.5, 0.6) is 5.75 Å². The zero-order chi connectivity index (χ0) is 18.1. The molecule has 1 saturated heterocycles. The van der Waals surface area contributed by atoms with Crippen LogP contribution in [-0.2, 0) is 17.9 Å². The minimum absolute atomic E-state index is 0.0466. The molecule has 1 atom stereocenters. The van der Waals surface area contributed by atoms with Crippen molar-refractivity contribution in [2.45, 2.75) is 32.0 Å². The molecule has 136 valence electrons. The predicted molar refractivity (Wildman–Crippen MR) is 92.2 cm³/mol. The summed E-state index contributed by atoms with van der Waals surface area (Å²) in [7, 11) is 0. The second-order valence-corrected chi connectivity index (χ2v) is 6.64. The van der Waals surface area contributed by atoms with Crippen LogP contribution in [0, 0.1) is 15.9 Å². The average molecular weight is 358 g/mol. The fourth-order valence-corrected chi connectivity index (χ4v) is 3.80. The van der Waals surface area contributed by atoms with Crippen LogP contribution in [0.2, 0.25) is 0 Å². The molecule has 2 aromatic rings. The summed E-state index contributed by atoms with van der Waals surface area (Å²) in [6, 6.07) is 9.84. The number of benzene rings is 2. The quantitative estimate of drug-likeness (QED) is 0.612. The highest BCUT2D eigenvalue weighted by Crippen LogP contribution is 2.38. The van der Waals surface area contributed by atoms with E-state index in [9.17, 15) is 14.5 Å². The van der Waals surface area contributed by atoms with Gasteiger partial charge < -0.3 is 9.47 Å². The number of non-ortho nitro benzene ring substituents is 1. The van der Waals surface area contributed by atoms with Gasteiger partial charge in [-0.15, -0.1) is 0 Å². The molecule has 0 N–H and O–H groups in total. The summed E-state index contributed by atoms with van der Waals surface area (Å²) in [5, 5.41) is 11.3. The van der Waals surface area contributed by atoms with Gasteiger partial charge in [-0.2, -0.15) is 0 Å². The third-order valence-corrected chi connectivity index (χ3v) is 4.97. The van der Waals surface area contributed by atoms with Gasteiger partial charge in [-0.25, -0.2) is 4.39 Å². The fourth-order valence-electron chi connectivity index (χ4n) is 3.80. The normalized spacial score (nSPS) is 19.8. The van der Waals surface area contributed by atoms with Gasteiger partial charge in [-0.05, 0) is 37.1 Å². The van der Waals surface area contributed by atoms with Gasteiger partial charge in [-0.1, -0.05) is 12.1 Å². The molecule has 26 heavy (non-hydrogen) atoms. The molecular formula is C19H19FN2O4. The molecule has 7 heteroatoms. The maximum absolute atomic E-state index is 13.2. The Morgan fingerprint density at radius 1 is 1.27 bits per heavy atom. The van der Waals surface area contributed by atoms with E-state index in [0.717, 1.165) is 30.5 Å². The Balaban J connectivity index is 1.64. The number of ether oxygens (including phenoxy) is 2. The Kier molecular flexibility index (Phi) is 4.57. The van der Waals surface area contributed by atoms with Crippen molar-refractivity contribution >= 4 is 5.69 Å². The first-order chi connectivity index (χ1) is 12.6. The van der Waals surface area contributed by atoms with Crippen LogP contribution in [0.1, 0.15) is 35.6 Å². The molecule has 0 aliphatic carbocycles. The minimum Gasteiger partial charge on any atom is -0.467 e. The molecule has 1 fully saturated rings. The Morgan fingerprint density at radius 3 is 2.85 bits per heavy atom. The first-order valence-electron chi connectivity index (χ1n) is 8.62. The molecular weight excluding hydrogens is 339 g/mol. The molecule has 6 nitrogen and oxygen atoms in total.